The van der Waals surface area contributed by atoms with Crippen molar-refractivity contribution >= 4 is 39.7 Å². The number of amides is 1. The zero-order valence-corrected chi connectivity index (χ0v) is 15.9. The molecule has 0 spiro atoms. The van der Waals surface area contributed by atoms with Crippen LogP contribution in [0.15, 0.2) is 16.3 Å². The average molecular weight is 394 g/mol. The van der Waals surface area contributed by atoms with Crippen molar-refractivity contribution in [3.8, 4) is 0 Å². The summed E-state index contributed by atoms with van der Waals surface area (Å²) in [4.78, 5) is 13.0. The van der Waals surface area contributed by atoms with Crippen molar-refractivity contribution in [2.75, 3.05) is 19.6 Å². The number of hydrogen-bond donors (Lipinski definition) is 2. The molecule has 136 valence electrons. The minimum Gasteiger partial charge on any atom is -0.348 e. The molecular weight excluding hydrogens is 370 g/mol. The van der Waals surface area contributed by atoms with E-state index >= 15 is 0 Å². The van der Waals surface area contributed by atoms with Crippen molar-refractivity contribution in [3.63, 3.8) is 0 Å². The number of sulfonamides is 1. The molecule has 9 heteroatoms. The van der Waals surface area contributed by atoms with Gasteiger partial charge >= 0.3 is 0 Å². The second-order valence-corrected chi connectivity index (χ2v) is 9.05. The van der Waals surface area contributed by atoms with E-state index in [1.54, 1.807) is 11.4 Å². The molecule has 1 aromatic heterocycles. The first-order valence-electron chi connectivity index (χ1n) is 8.12. The van der Waals surface area contributed by atoms with Crippen LogP contribution < -0.4 is 11.1 Å². The summed E-state index contributed by atoms with van der Waals surface area (Å²) in [7, 11) is -3.57. The van der Waals surface area contributed by atoms with Crippen LogP contribution in [0.4, 0.5) is 0 Å². The molecule has 3 N–H and O–H groups in total. The van der Waals surface area contributed by atoms with Crippen molar-refractivity contribution in [1.82, 2.24) is 9.62 Å². The van der Waals surface area contributed by atoms with Gasteiger partial charge in [0, 0.05) is 19.1 Å². The predicted molar refractivity (Wildman–Crippen MR) is 97.2 cm³/mol. The number of hydrogen-bond acceptors (Lipinski definition) is 5. The summed E-state index contributed by atoms with van der Waals surface area (Å²) < 4.78 is 26.9. The second kappa shape index (κ2) is 8.14. The lowest BCUT2D eigenvalue weighted by Gasteiger charge is -2.20. The van der Waals surface area contributed by atoms with E-state index < -0.39 is 10.0 Å². The number of nitrogens with two attached hydrogens (primary N) is 1. The third kappa shape index (κ3) is 3.77. The van der Waals surface area contributed by atoms with Crippen molar-refractivity contribution < 1.29 is 13.2 Å². The lowest BCUT2D eigenvalue weighted by Crippen LogP contribution is -2.40. The van der Waals surface area contributed by atoms with Gasteiger partial charge in [0.1, 0.15) is 9.77 Å². The van der Waals surface area contributed by atoms with Gasteiger partial charge in [-0.15, -0.1) is 23.7 Å². The Morgan fingerprint density at radius 3 is 2.67 bits per heavy atom. The lowest BCUT2D eigenvalue weighted by atomic mass is 10.0. The van der Waals surface area contributed by atoms with Gasteiger partial charge in [0.2, 0.25) is 10.0 Å². The van der Waals surface area contributed by atoms with Crippen molar-refractivity contribution in [2.45, 2.75) is 43.0 Å². The summed E-state index contributed by atoms with van der Waals surface area (Å²) in [5, 5.41) is 4.67. The van der Waals surface area contributed by atoms with Crippen molar-refractivity contribution in [2.24, 2.45) is 11.7 Å². The van der Waals surface area contributed by atoms with Gasteiger partial charge < -0.3 is 11.1 Å². The molecule has 1 aliphatic carbocycles. The maximum atomic E-state index is 12.7. The molecule has 2 aliphatic rings. The number of nitrogens with one attached hydrogen (secondary N) is 1. The Labute approximate surface area is 153 Å². The maximum Gasteiger partial charge on any atom is 0.262 e. The molecule has 0 aromatic carbocycles. The normalized spacial score (nSPS) is 24.7. The number of nitrogens with zero attached hydrogens (tertiary/aromatic N) is 1. The Bertz CT molecular complexity index is 671. The van der Waals surface area contributed by atoms with Crippen LogP contribution in [0.1, 0.15) is 41.8 Å². The highest BCUT2D eigenvalue weighted by Crippen LogP contribution is 2.29. The summed E-state index contributed by atoms with van der Waals surface area (Å²) in [6, 6.07) is 1.60. The predicted octanol–water partition coefficient (Wildman–Crippen LogP) is 1.81. The molecule has 3 rings (SSSR count). The van der Waals surface area contributed by atoms with E-state index in [1.165, 1.54) is 15.6 Å². The van der Waals surface area contributed by atoms with Crippen LogP contribution in [-0.2, 0) is 10.0 Å². The van der Waals surface area contributed by atoms with E-state index in [1.807, 2.05) is 0 Å². The van der Waals surface area contributed by atoms with Gasteiger partial charge in [0.05, 0.1) is 0 Å². The fourth-order valence-corrected chi connectivity index (χ4v) is 6.30. The maximum absolute atomic E-state index is 12.7. The topological polar surface area (TPSA) is 92.5 Å². The highest BCUT2D eigenvalue weighted by atomic mass is 35.5. The fourth-order valence-electron chi connectivity index (χ4n) is 3.48. The molecule has 1 saturated carbocycles. The largest absolute Gasteiger partial charge is 0.348 e. The molecule has 2 heterocycles. The van der Waals surface area contributed by atoms with Gasteiger partial charge in [0.25, 0.3) is 5.91 Å². The van der Waals surface area contributed by atoms with Crippen LogP contribution in [0.25, 0.3) is 0 Å². The van der Waals surface area contributed by atoms with Gasteiger partial charge in [-0.3, -0.25) is 4.79 Å². The summed E-state index contributed by atoms with van der Waals surface area (Å²) >= 11 is 1.19. The standard InChI is InChI=1S/C15H23N3O3S2.ClH/c16-10-11-4-3-5-12(11)17-15(19)14-13(6-9-22-14)23(20,21)18-7-1-2-8-18;/h6,9,11-12H,1-5,7-8,10,16H2,(H,17,19);1H. The number of halogens is 1. The third-order valence-corrected chi connectivity index (χ3v) is 7.78. The molecule has 1 saturated heterocycles. The van der Waals surface area contributed by atoms with E-state index in [2.05, 4.69) is 5.32 Å². The summed E-state index contributed by atoms with van der Waals surface area (Å²) in [6.07, 6.45) is 4.74. The third-order valence-electron chi connectivity index (χ3n) is 4.80. The number of carbonyl (C=O) groups excluding carboxylic acids is 1. The fraction of sp³-hybridized carbons (Fsp3) is 0.667. The smallest absolute Gasteiger partial charge is 0.262 e. The van der Waals surface area contributed by atoms with Gasteiger partial charge in [0.15, 0.2) is 0 Å². The molecular formula is C15H24ClN3O3S2. The van der Waals surface area contributed by atoms with Gasteiger partial charge in [-0.2, -0.15) is 4.31 Å². The first-order valence-corrected chi connectivity index (χ1v) is 10.4. The van der Waals surface area contributed by atoms with Crippen LogP contribution in [0.3, 0.4) is 0 Å². The van der Waals surface area contributed by atoms with E-state index in [0.717, 1.165) is 32.1 Å². The Morgan fingerprint density at radius 2 is 2.00 bits per heavy atom. The Morgan fingerprint density at radius 1 is 1.29 bits per heavy atom. The highest BCUT2D eigenvalue weighted by molar-refractivity contribution is 7.89. The Kier molecular flexibility index (Phi) is 6.66. The molecule has 2 atom stereocenters. The molecule has 2 unspecified atom stereocenters. The lowest BCUT2D eigenvalue weighted by molar-refractivity contribution is 0.0929. The van der Waals surface area contributed by atoms with Crippen molar-refractivity contribution in [1.29, 1.82) is 0 Å². The molecule has 2 fully saturated rings. The Hall–Kier alpha value is -0.670. The highest BCUT2D eigenvalue weighted by Gasteiger charge is 2.33. The van der Waals surface area contributed by atoms with Crippen LogP contribution in [0.2, 0.25) is 0 Å². The zero-order valence-electron chi connectivity index (χ0n) is 13.4. The first-order chi connectivity index (χ1) is 11.0. The van der Waals surface area contributed by atoms with Gasteiger partial charge in [-0.05, 0) is 49.6 Å². The van der Waals surface area contributed by atoms with E-state index in [0.29, 0.717) is 24.5 Å². The molecule has 24 heavy (non-hydrogen) atoms. The van der Waals surface area contributed by atoms with Crippen LogP contribution >= 0.6 is 23.7 Å². The minimum atomic E-state index is -3.57. The summed E-state index contributed by atoms with van der Waals surface area (Å²) in [5.74, 6) is 0.000624. The van der Waals surface area contributed by atoms with Crippen LogP contribution in [0.5, 0.6) is 0 Å². The molecule has 0 radical (unpaired) electrons. The van der Waals surface area contributed by atoms with Crippen LogP contribution in [0, 0.1) is 5.92 Å². The van der Waals surface area contributed by atoms with Gasteiger partial charge in [-0.1, -0.05) is 6.42 Å². The number of carbonyl (C=O) groups is 1. The summed E-state index contributed by atoms with van der Waals surface area (Å²) in [6.45, 7) is 1.63. The monoisotopic (exact) mass is 393 g/mol. The zero-order chi connectivity index (χ0) is 16.4. The molecule has 1 amide bonds. The Balaban J connectivity index is 0.00000208. The van der Waals surface area contributed by atoms with Crippen LogP contribution in [-0.4, -0.2) is 44.3 Å². The number of thiophene rings is 1. The van der Waals surface area contributed by atoms with Gasteiger partial charge in [-0.25, -0.2) is 8.42 Å². The number of rotatable bonds is 5. The molecule has 0 bridgehead atoms. The first kappa shape index (κ1) is 19.7. The molecule has 1 aromatic rings. The average Bonchev–Trinajstić information content (AvgIpc) is 3.27. The van der Waals surface area contributed by atoms with E-state index in [9.17, 15) is 13.2 Å². The molecule has 6 nitrogen and oxygen atoms in total. The SMILES string of the molecule is Cl.NCC1CCCC1NC(=O)c1sccc1S(=O)(=O)N1CCCC1. The van der Waals surface area contributed by atoms with E-state index in [-0.39, 0.29) is 35.2 Å². The summed E-state index contributed by atoms with van der Waals surface area (Å²) in [5.41, 5.74) is 5.75. The quantitative estimate of drug-likeness (QED) is 0.797. The van der Waals surface area contributed by atoms with Crippen molar-refractivity contribution in [3.05, 3.63) is 16.3 Å². The second-order valence-electron chi connectivity index (χ2n) is 6.23. The molecule has 1 aliphatic heterocycles. The van der Waals surface area contributed by atoms with E-state index in [4.69, 9.17) is 5.73 Å². The minimum absolute atomic E-state index is 0.